The van der Waals surface area contributed by atoms with Crippen LogP contribution in [-0.2, 0) is 6.54 Å². The number of anilines is 1. The molecule has 0 fully saturated rings. The predicted molar refractivity (Wildman–Crippen MR) is 74.5 cm³/mol. The molecule has 0 aliphatic rings. The van der Waals surface area contributed by atoms with Crippen LogP contribution >= 0.6 is 34.7 Å². The molecule has 2 rings (SSSR count). The van der Waals surface area contributed by atoms with E-state index in [1.807, 2.05) is 0 Å². The molecule has 9 heteroatoms. The average Bonchev–Trinajstić information content (AvgIpc) is 2.74. The quantitative estimate of drug-likeness (QED) is 0.624. The van der Waals surface area contributed by atoms with E-state index in [9.17, 15) is 18.3 Å². The van der Waals surface area contributed by atoms with Crippen LogP contribution in [0.3, 0.4) is 0 Å². The van der Waals surface area contributed by atoms with Gasteiger partial charge in [0, 0.05) is 16.0 Å². The zero-order valence-corrected chi connectivity index (χ0v) is 12.1. The van der Waals surface area contributed by atoms with Crippen molar-refractivity contribution in [1.29, 1.82) is 0 Å². The van der Waals surface area contributed by atoms with Gasteiger partial charge in [0.15, 0.2) is 4.47 Å². The van der Waals surface area contributed by atoms with Gasteiger partial charge in [-0.25, -0.2) is 4.98 Å². The molecule has 0 amide bonds. The van der Waals surface area contributed by atoms with E-state index in [0.717, 1.165) is 4.88 Å². The van der Waals surface area contributed by atoms with Gasteiger partial charge in [0.25, 0.3) is 0 Å². The van der Waals surface area contributed by atoms with E-state index in [1.54, 1.807) is 6.20 Å². The summed E-state index contributed by atoms with van der Waals surface area (Å²) < 4.78 is 37.2. The number of aromatic hydroxyl groups is 1. The zero-order valence-electron chi connectivity index (χ0n) is 9.74. The van der Waals surface area contributed by atoms with Crippen molar-refractivity contribution in [3.05, 3.63) is 33.7 Å². The Balaban J connectivity index is 2.08. The molecule has 0 radical (unpaired) electrons. The lowest BCUT2D eigenvalue weighted by atomic mass is 10.3. The van der Waals surface area contributed by atoms with Gasteiger partial charge >= 0.3 is 5.51 Å². The van der Waals surface area contributed by atoms with Crippen LogP contribution in [0.2, 0.25) is 4.47 Å². The summed E-state index contributed by atoms with van der Waals surface area (Å²) in [7, 11) is 0. The molecule has 0 saturated heterocycles. The fraction of sp³-hybridized carbons (Fsp3) is 0.182. The van der Waals surface area contributed by atoms with Crippen molar-refractivity contribution in [2.45, 2.75) is 16.9 Å². The minimum absolute atomic E-state index is 0.000127. The number of benzene rings is 1. The number of alkyl halides is 3. The number of halogens is 4. The van der Waals surface area contributed by atoms with E-state index < -0.39 is 5.51 Å². The SMILES string of the molecule is Oc1ccc(SC(F)(F)F)cc1NCc1cnc(Cl)s1. The molecule has 0 spiro atoms. The summed E-state index contributed by atoms with van der Waals surface area (Å²) in [4.78, 5) is 4.65. The number of phenols is 1. The van der Waals surface area contributed by atoms with E-state index in [-0.39, 0.29) is 28.1 Å². The summed E-state index contributed by atoms with van der Waals surface area (Å²) in [5.41, 5.74) is -4.14. The number of phenolic OH excluding ortho intramolecular Hbond substituents is 1. The molecule has 2 aromatic rings. The summed E-state index contributed by atoms with van der Waals surface area (Å²) in [6.45, 7) is 0.318. The average molecular weight is 341 g/mol. The first-order valence-corrected chi connectivity index (χ1v) is 7.27. The Hall–Kier alpha value is -1.12. The highest BCUT2D eigenvalue weighted by molar-refractivity contribution is 8.00. The van der Waals surface area contributed by atoms with Gasteiger partial charge in [-0.3, -0.25) is 0 Å². The summed E-state index contributed by atoms with van der Waals surface area (Å²) in [5, 5.41) is 12.5. The molecule has 1 aromatic heterocycles. The largest absolute Gasteiger partial charge is 0.506 e. The van der Waals surface area contributed by atoms with Crippen molar-refractivity contribution < 1.29 is 18.3 Å². The van der Waals surface area contributed by atoms with E-state index in [4.69, 9.17) is 11.6 Å². The van der Waals surface area contributed by atoms with Gasteiger partial charge in [0.2, 0.25) is 0 Å². The Morgan fingerprint density at radius 3 is 2.75 bits per heavy atom. The Morgan fingerprint density at radius 2 is 2.15 bits per heavy atom. The fourth-order valence-electron chi connectivity index (χ4n) is 1.40. The van der Waals surface area contributed by atoms with Crippen molar-refractivity contribution >= 4 is 40.4 Å². The van der Waals surface area contributed by atoms with Crippen molar-refractivity contribution in [2.24, 2.45) is 0 Å². The van der Waals surface area contributed by atoms with Gasteiger partial charge in [-0.2, -0.15) is 13.2 Å². The molecule has 108 valence electrons. The minimum Gasteiger partial charge on any atom is -0.506 e. The van der Waals surface area contributed by atoms with Gasteiger partial charge in [-0.15, -0.1) is 11.3 Å². The molecular weight excluding hydrogens is 333 g/mol. The van der Waals surface area contributed by atoms with Crippen LogP contribution < -0.4 is 5.32 Å². The first-order valence-electron chi connectivity index (χ1n) is 5.26. The molecule has 0 aliphatic carbocycles. The summed E-state index contributed by atoms with van der Waals surface area (Å²) in [5.74, 6) is -0.118. The van der Waals surface area contributed by atoms with Crippen LogP contribution in [0.1, 0.15) is 4.88 Å². The van der Waals surface area contributed by atoms with Crippen LogP contribution in [-0.4, -0.2) is 15.6 Å². The topological polar surface area (TPSA) is 45.1 Å². The number of nitrogens with one attached hydrogen (secondary N) is 1. The maximum atomic E-state index is 12.3. The third-order valence-electron chi connectivity index (χ3n) is 2.18. The maximum absolute atomic E-state index is 12.3. The van der Waals surface area contributed by atoms with E-state index in [0.29, 0.717) is 11.0 Å². The molecule has 3 nitrogen and oxygen atoms in total. The van der Waals surface area contributed by atoms with Crippen molar-refractivity contribution in [3.63, 3.8) is 0 Å². The molecular formula is C11H8ClF3N2OS2. The van der Waals surface area contributed by atoms with Crippen LogP contribution in [0.25, 0.3) is 0 Å². The Labute approximate surface area is 125 Å². The van der Waals surface area contributed by atoms with Crippen molar-refractivity contribution in [3.8, 4) is 5.75 Å². The standard InChI is InChI=1S/C11H8ClF3N2OS2/c12-10-17-5-7(19-10)4-16-8-3-6(1-2-9(8)18)20-11(13,14)15/h1-3,5,16,18H,4H2. The molecule has 0 bridgehead atoms. The molecule has 1 aromatic carbocycles. The monoisotopic (exact) mass is 340 g/mol. The maximum Gasteiger partial charge on any atom is 0.446 e. The lowest BCUT2D eigenvalue weighted by Gasteiger charge is -2.10. The lowest BCUT2D eigenvalue weighted by molar-refractivity contribution is -0.0328. The van der Waals surface area contributed by atoms with E-state index in [2.05, 4.69) is 10.3 Å². The van der Waals surface area contributed by atoms with E-state index in [1.165, 1.54) is 29.5 Å². The Morgan fingerprint density at radius 1 is 1.40 bits per heavy atom. The number of hydrogen-bond acceptors (Lipinski definition) is 5. The molecule has 20 heavy (non-hydrogen) atoms. The van der Waals surface area contributed by atoms with Crippen LogP contribution in [0.4, 0.5) is 18.9 Å². The first kappa shape index (κ1) is 15.3. The van der Waals surface area contributed by atoms with Gasteiger partial charge in [-0.1, -0.05) is 11.6 Å². The predicted octanol–water partition coefficient (Wildman–Crippen LogP) is 4.73. The highest BCUT2D eigenvalue weighted by atomic mass is 35.5. The highest BCUT2D eigenvalue weighted by Gasteiger charge is 2.29. The molecule has 0 saturated carbocycles. The number of nitrogens with zero attached hydrogens (tertiary/aromatic N) is 1. The second-order valence-electron chi connectivity index (χ2n) is 3.66. The van der Waals surface area contributed by atoms with Crippen LogP contribution in [0.15, 0.2) is 29.3 Å². The smallest absolute Gasteiger partial charge is 0.446 e. The number of hydrogen-bond donors (Lipinski definition) is 2. The second-order valence-corrected chi connectivity index (χ2v) is 6.50. The highest BCUT2D eigenvalue weighted by Crippen LogP contribution is 2.39. The van der Waals surface area contributed by atoms with Crippen LogP contribution in [0.5, 0.6) is 5.75 Å². The number of aromatic nitrogens is 1. The second kappa shape index (κ2) is 6.11. The molecule has 1 heterocycles. The summed E-state index contributed by atoms with van der Waals surface area (Å²) >= 11 is 6.69. The van der Waals surface area contributed by atoms with Crippen molar-refractivity contribution in [2.75, 3.05) is 5.32 Å². The van der Waals surface area contributed by atoms with Crippen molar-refractivity contribution in [1.82, 2.24) is 4.98 Å². The van der Waals surface area contributed by atoms with E-state index >= 15 is 0 Å². The number of thioether (sulfide) groups is 1. The molecule has 2 N–H and O–H groups in total. The first-order chi connectivity index (χ1) is 9.33. The van der Waals surface area contributed by atoms with Gasteiger partial charge < -0.3 is 10.4 Å². The number of rotatable bonds is 4. The summed E-state index contributed by atoms with van der Waals surface area (Å²) in [6, 6.07) is 3.68. The fourth-order valence-corrected chi connectivity index (χ4v) is 2.90. The van der Waals surface area contributed by atoms with Crippen LogP contribution in [0, 0.1) is 0 Å². The molecule has 0 aliphatic heterocycles. The molecule has 0 unspecified atom stereocenters. The Kier molecular flexibility index (Phi) is 4.66. The Bertz CT molecular complexity index is 604. The lowest BCUT2D eigenvalue weighted by Crippen LogP contribution is -2.01. The zero-order chi connectivity index (χ0) is 14.8. The molecule has 0 atom stereocenters. The minimum atomic E-state index is -4.36. The van der Waals surface area contributed by atoms with Gasteiger partial charge in [0.1, 0.15) is 5.75 Å². The number of thiazole rings is 1. The third-order valence-corrected chi connectivity index (χ3v) is 4.02. The normalized spacial score (nSPS) is 11.6. The van der Waals surface area contributed by atoms with Gasteiger partial charge in [-0.05, 0) is 30.0 Å². The summed E-state index contributed by atoms with van der Waals surface area (Å²) in [6.07, 6.45) is 1.56. The third kappa shape index (κ3) is 4.46. The van der Waals surface area contributed by atoms with Gasteiger partial charge in [0.05, 0.1) is 12.2 Å².